The van der Waals surface area contributed by atoms with Gasteiger partial charge in [0.25, 0.3) is 5.91 Å². The Morgan fingerprint density at radius 2 is 2.15 bits per heavy atom. The van der Waals surface area contributed by atoms with Crippen LogP contribution in [0, 0.1) is 11.8 Å². The molecule has 0 saturated heterocycles. The highest BCUT2D eigenvalue weighted by molar-refractivity contribution is 5.96. The number of hydrogen-bond acceptors (Lipinski definition) is 6. The topological polar surface area (TPSA) is 108 Å². The molecular formula is C25H21FN6O2. The third-order valence-electron chi connectivity index (χ3n) is 6.55. The third-order valence-corrected chi connectivity index (χ3v) is 6.55. The molecule has 4 heterocycles. The maximum atomic E-state index is 14.6. The number of ether oxygens (including phenoxy) is 1. The second-order valence-electron chi connectivity index (χ2n) is 8.59. The Hall–Kier alpha value is -4.03. The average molecular weight is 456 g/mol. The summed E-state index contributed by atoms with van der Waals surface area (Å²) in [5, 5.41) is 4.60. The first-order valence-corrected chi connectivity index (χ1v) is 11.0. The average Bonchev–Trinajstić information content (AvgIpc) is 3.43. The number of halogens is 1. The van der Waals surface area contributed by atoms with Crippen molar-refractivity contribution >= 4 is 33.5 Å². The second-order valence-corrected chi connectivity index (χ2v) is 8.59. The summed E-state index contributed by atoms with van der Waals surface area (Å²) >= 11 is 0. The fourth-order valence-electron chi connectivity index (χ4n) is 4.56. The highest BCUT2D eigenvalue weighted by Crippen LogP contribution is 2.54. The van der Waals surface area contributed by atoms with Gasteiger partial charge in [-0.1, -0.05) is 11.8 Å². The SMILES string of the molecule is CNc1ncc(C#Cc2ccc3nc4n(c3c2)CCOC4)c2cc(C3CC3(F)C(N)=O)ncc12. The Kier molecular flexibility index (Phi) is 4.54. The molecule has 1 saturated carbocycles. The van der Waals surface area contributed by atoms with Crippen LogP contribution in [0.15, 0.2) is 36.7 Å². The molecule has 2 aliphatic rings. The molecule has 1 aliphatic carbocycles. The number of hydrogen-bond donors (Lipinski definition) is 2. The van der Waals surface area contributed by atoms with Crippen molar-refractivity contribution in [1.82, 2.24) is 19.5 Å². The summed E-state index contributed by atoms with van der Waals surface area (Å²) in [6.07, 6.45) is 3.37. The number of benzene rings is 1. The van der Waals surface area contributed by atoms with Crippen LogP contribution in [0.4, 0.5) is 10.2 Å². The molecule has 3 N–H and O–H groups in total. The van der Waals surface area contributed by atoms with Crippen molar-refractivity contribution in [3.8, 4) is 11.8 Å². The van der Waals surface area contributed by atoms with Crippen LogP contribution in [-0.2, 0) is 22.7 Å². The van der Waals surface area contributed by atoms with E-state index in [1.54, 1.807) is 25.5 Å². The number of imidazole rings is 1. The minimum absolute atomic E-state index is 0.0482. The summed E-state index contributed by atoms with van der Waals surface area (Å²) in [5.74, 6) is 6.42. The van der Waals surface area contributed by atoms with Gasteiger partial charge >= 0.3 is 0 Å². The van der Waals surface area contributed by atoms with Gasteiger partial charge in [0, 0.05) is 60.4 Å². The molecule has 34 heavy (non-hydrogen) atoms. The van der Waals surface area contributed by atoms with E-state index in [9.17, 15) is 9.18 Å². The molecule has 1 aromatic carbocycles. The number of amides is 1. The second kappa shape index (κ2) is 7.50. The van der Waals surface area contributed by atoms with E-state index in [-0.39, 0.29) is 6.42 Å². The molecule has 170 valence electrons. The van der Waals surface area contributed by atoms with Crippen LogP contribution < -0.4 is 11.1 Å². The first kappa shape index (κ1) is 20.6. The third kappa shape index (κ3) is 3.18. The minimum atomic E-state index is -2.03. The number of nitrogens with one attached hydrogen (secondary N) is 1. The summed E-state index contributed by atoms with van der Waals surface area (Å²) in [6.45, 7) is 1.94. The van der Waals surface area contributed by atoms with Gasteiger partial charge in [0.05, 0.1) is 23.2 Å². The molecule has 2 atom stereocenters. The number of alkyl halides is 1. The summed E-state index contributed by atoms with van der Waals surface area (Å²) in [5.41, 5.74) is 7.17. The van der Waals surface area contributed by atoms with Crippen LogP contribution >= 0.6 is 0 Å². The van der Waals surface area contributed by atoms with E-state index in [4.69, 9.17) is 10.5 Å². The van der Waals surface area contributed by atoms with Crippen LogP contribution in [0.3, 0.4) is 0 Å². The molecule has 1 fully saturated rings. The predicted octanol–water partition coefficient (Wildman–Crippen LogP) is 2.63. The van der Waals surface area contributed by atoms with E-state index in [2.05, 4.69) is 36.7 Å². The van der Waals surface area contributed by atoms with Crippen LogP contribution in [0.2, 0.25) is 0 Å². The van der Waals surface area contributed by atoms with Crippen molar-refractivity contribution < 1.29 is 13.9 Å². The standard InChI is InChI=1S/C25H21FN6O2/c1-28-23-17-12-29-20(18-10-25(18,26)24(27)33)9-16(17)15(11-30-23)4-2-14-3-5-19-21(8-14)32-6-7-34-13-22(32)31-19/h3,5,8-9,11-12,18H,6-7,10,13H2,1H3,(H2,27,33)(H,28,30). The van der Waals surface area contributed by atoms with Gasteiger partial charge in [-0.05, 0) is 24.3 Å². The zero-order valence-corrected chi connectivity index (χ0v) is 18.4. The quantitative estimate of drug-likeness (QED) is 0.459. The van der Waals surface area contributed by atoms with Crippen molar-refractivity contribution in [2.45, 2.75) is 31.2 Å². The maximum absolute atomic E-state index is 14.6. The van der Waals surface area contributed by atoms with Crippen LogP contribution in [0.1, 0.15) is 35.0 Å². The molecule has 1 amide bonds. The summed E-state index contributed by atoms with van der Waals surface area (Å²) in [6, 6.07) is 7.72. The Morgan fingerprint density at radius 3 is 2.94 bits per heavy atom. The predicted molar refractivity (Wildman–Crippen MR) is 125 cm³/mol. The number of fused-ring (bicyclic) bond motifs is 4. The summed E-state index contributed by atoms with van der Waals surface area (Å²) in [4.78, 5) is 25.0. The monoisotopic (exact) mass is 456 g/mol. The number of nitrogens with zero attached hydrogens (tertiary/aromatic N) is 4. The van der Waals surface area contributed by atoms with E-state index in [1.165, 1.54) is 0 Å². The van der Waals surface area contributed by atoms with E-state index in [0.717, 1.165) is 39.7 Å². The van der Waals surface area contributed by atoms with Gasteiger partial charge in [0.1, 0.15) is 18.2 Å². The van der Waals surface area contributed by atoms with E-state index >= 15 is 0 Å². The first-order chi connectivity index (χ1) is 16.5. The van der Waals surface area contributed by atoms with E-state index in [1.807, 2.05) is 18.2 Å². The normalized spacial score (nSPS) is 21.1. The molecule has 4 aromatic rings. The smallest absolute Gasteiger partial charge is 0.255 e. The molecule has 2 unspecified atom stereocenters. The van der Waals surface area contributed by atoms with Crippen molar-refractivity contribution in [2.75, 3.05) is 19.0 Å². The summed E-state index contributed by atoms with van der Waals surface area (Å²) in [7, 11) is 1.77. The highest BCUT2D eigenvalue weighted by atomic mass is 19.1. The van der Waals surface area contributed by atoms with Crippen LogP contribution in [0.5, 0.6) is 0 Å². The van der Waals surface area contributed by atoms with E-state index < -0.39 is 17.5 Å². The summed E-state index contributed by atoms with van der Waals surface area (Å²) < 4.78 is 22.3. The van der Waals surface area contributed by atoms with Gasteiger partial charge in [0.2, 0.25) is 0 Å². The fraction of sp³-hybridized carbons (Fsp3) is 0.280. The van der Waals surface area contributed by atoms with Crippen molar-refractivity contribution in [3.63, 3.8) is 0 Å². The zero-order chi connectivity index (χ0) is 23.4. The van der Waals surface area contributed by atoms with E-state index in [0.29, 0.717) is 30.3 Å². The van der Waals surface area contributed by atoms with Crippen LogP contribution in [-0.4, -0.2) is 44.7 Å². The van der Waals surface area contributed by atoms with Crippen molar-refractivity contribution in [1.29, 1.82) is 0 Å². The number of anilines is 1. The molecule has 9 heteroatoms. The largest absolute Gasteiger partial charge is 0.373 e. The number of nitrogens with two attached hydrogens (primary N) is 1. The molecule has 0 bridgehead atoms. The fourth-order valence-corrected chi connectivity index (χ4v) is 4.56. The molecular weight excluding hydrogens is 435 g/mol. The molecule has 1 aliphatic heterocycles. The number of carbonyl (C=O) groups is 1. The van der Waals surface area contributed by atoms with Gasteiger partial charge in [0.15, 0.2) is 5.67 Å². The maximum Gasteiger partial charge on any atom is 0.255 e. The highest BCUT2D eigenvalue weighted by Gasteiger charge is 2.62. The van der Waals surface area contributed by atoms with Gasteiger partial charge < -0.3 is 20.4 Å². The van der Waals surface area contributed by atoms with Crippen molar-refractivity contribution in [3.05, 3.63) is 59.3 Å². The van der Waals surface area contributed by atoms with Crippen molar-refractivity contribution in [2.24, 2.45) is 5.73 Å². The van der Waals surface area contributed by atoms with Gasteiger partial charge in [-0.2, -0.15) is 0 Å². The number of aromatic nitrogens is 4. The van der Waals surface area contributed by atoms with Gasteiger partial charge in [-0.25, -0.2) is 14.4 Å². The minimum Gasteiger partial charge on any atom is -0.373 e. The first-order valence-electron chi connectivity index (χ1n) is 11.0. The lowest BCUT2D eigenvalue weighted by Crippen LogP contribution is -2.27. The Morgan fingerprint density at radius 1 is 1.26 bits per heavy atom. The molecule has 6 rings (SSSR count). The van der Waals surface area contributed by atoms with Gasteiger partial charge in [-0.3, -0.25) is 9.78 Å². The zero-order valence-electron chi connectivity index (χ0n) is 18.4. The number of primary amides is 1. The lowest BCUT2D eigenvalue weighted by molar-refractivity contribution is -0.124. The molecule has 0 spiro atoms. The Labute approximate surface area is 194 Å². The van der Waals surface area contributed by atoms with Crippen LogP contribution in [0.25, 0.3) is 21.8 Å². The molecule has 0 radical (unpaired) electrons. The Balaban J connectivity index is 1.42. The Bertz CT molecular complexity index is 1550. The number of rotatable bonds is 3. The van der Waals surface area contributed by atoms with Gasteiger partial charge in [-0.15, -0.1) is 0 Å². The number of carbonyl (C=O) groups excluding carboxylic acids is 1. The number of pyridine rings is 2. The molecule has 3 aromatic heterocycles. The lowest BCUT2D eigenvalue weighted by Gasteiger charge is -2.14. The molecule has 8 nitrogen and oxygen atoms in total. The lowest BCUT2D eigenvalue weighted by atomic mass is 10.1.